The lowest BCUT2D eigenvalue weighted by molar-refractivity contribution is 0.00397. The fourth-order valence-corrected chi connectivity index (χ4v) is 4.85. The predicted octanol–water partition coefficient (Wildman–Crippen LogP) is 5.92. The zero-order valence-electron chi connectivity index (χ0n) is 19.2. The van der Waals surface area contributed by atoms with Gasteiger partial charge in [-0.25, -0.2) is 18.7 Å². The van der Waals surface area contributed by atoms with Gasteiger partial charge in [0, 0.05) is 41.3 Å². The van der Waals surface area contributed by atoms with Crippen molar-refractivity contribution in [3.63, 3.8) is 0 Å². The van der Waals surface area contributed by atoms with Crippen LogP contribution in [0.2, 0.25) is 0 Å². The third-order valence-corrected chi connectivity index (χ3v) is 6.96. The van der Waals surface area contributed by atoms with Crippen molar-refractivity contribution in [2.45, 2.75) is 50.7 Å². The van der Waals surface area contributed by atoms with Crippen molar-refractivity contribution in [2.75, 3.05) is 6.61 Å². The average Bonchev–Trinajstić information content (AvgIpc) is 3.59. The number of hydrogen-bond acceptors (Lipinski definition) is 5. The summed E-state index contributed by atoms with van der Waals surface area (Å²) < 4.78 is 36.6. The summed E-state index contributed by atoms with van der Waals surface area (Å²) >= 11 is 0. The summed E-state index contributed by atoms with van der Waals surface area (Å²) in [6.07, 6.45) is 7.46. The molecule has 0 unspecified atom stereocenters. The first-order valence-electron chi connectivity index (χ1n) is 11.8. The second-order valence-corrected chi connectivity index (χ2v) is 9.39. The number of aryl methyl sites for hydroxylation is 1. The summed E-state index contributed by atoms with van der Waals surface area (Å²) in [6.45, 7) is 2.38. The van der Waals surface area contributed by atoms with Crippen LogP contribution in [0.5, 0.6) is 0 Å². The Hall–Kier alpha value is -3.70. The monoisotopic (exact) mass is 471 g/mol. The van der Waals surface area contributed by atoms with E-state index < -0.39 is 11.6 Å². The van der Waals surface area contributed by atoms with Crippen LogP contribution in [0.4, 0.5) is 8.78 Å². The molecule has 0 radical (unpaired) electrons. The molecule has 0 bridgehead atoms. The Morgan fingerprint density at radius 2 is 1.97 bits per heavy atom. The molecule has 2 fully saturated rings. The molecule has 6 nitrogen and oxygen atoms in total. The molecule has 1 aliphatic heterocycles. The number of ether oxygens (including phenoxy) is 1. The van der Waals surface area contributed by atoms with Gasteiger partial charge in [-0.2, -0.15) is 10.4 Å². The molecule has 8 heteroatoms. The van der Waals surface area contributed by atoms with E-state index in [1.54, 1.807) is 12.1 Å². The van der Waals surface area contributed by atoms with E-state index in [0.29, 0.717) is 53.5 Å². The number of nitriles is 1. The van der Waals surface area contributed by atoms with E-state index >= 15 is 0 Å². The van der Waals surface area contributed by atoms with Crippen molar-refractivity contribution < 1.29 is 13.5 Å². The average molecular weight is 472 g/mol. The lowest BCUT2D eigenvalue weighted by Crippen LogP contribution is -2.20. The van der Waals surface area contributed by atoms with Crippen molar-refractivity contribution in [1.29, 1.82) is 5.26 Å². The Morgan fingerprint density at radius 3 is 2.74 bits per heavy atom. The number of fused-ring (bicyclic) bond motifs is 1. The Labute approximate surface area is 201 Å². The van der Waals surface area contributed by atoms with Crippen LogP contribution in [0.15, 0.2) is 42.7 Å². The minimum absolute atomic E-state index is 0.0447. The molecule has 35 heavy (non-hydrogen) atoms. The van der Waals surface area contributed by atoms with E-state index in [-0.39, 0.29) is 17.6 Å². The number of nitrogens with zero attached hydrogens (tertiary/aromatic N) is 5. The standard InChI is InChI=1S/C27H23F2N5O/c1-15-2-6-21-25(20-7-3-18(28)11-23(20)29)32-27(33-26(21)22(15)12-30)16-8-9-35-24(10-16)17-13-31-34(14-17)19-4-5-19/h2-3,6-7,11,13-14,16,19,24H,4-5,8-10H2,1H3/t16-,24+/m0/s1. The zero-order valence-corrected chi connectivity index (χ0v) is 19.2. The summed E-state index contributed by atoms with van der Waals surface area (Å²) in [5.41, 5.74) is 3.28. The van der Waals surface area contributed by atoms with E-state index in [4.69, 9.17) is 14.7 Å². The second-order valence-electron chi connectivity index (χ2n) is 9.39. The lowest BCUT2D eigenvalue weighted by Gasteiger charge is -2.28. The van der Waals surface area contributed by atoms with Gasteiger partial charge in [0.1, 0.15) is 23.5 Å². The van der Waals surface area contributed by atoms with Crippen LogP contribution < -0.4 is 0 Å². The maximum atomic E-state index is 14.9. The van der Waals surface area contributed by atoms with E-state index in [0.717, 1.165) is 30.0 Å². The van der Waals surface area contributed by atoms with Gasteiger partial charge >= 0.3 is 0 Å². The number of hydrogen-bond donors (Lipinski definition) is 0. The number of benzene rings is 2. The molecule has 0 amide bonds. The normalized spacial score (nSPS) is 20.2. The second kappa shape index (κ2) is 8.51. The van der Waals surface area contributed by atoms with Crippen molar-refractivity contribution in [1.82, 2.24) is 19.7 Å². The lowest BCUT2D eigenvalue weighted by atomic mass is 9.91. The first-order valence-corrected chi connectivity index (χ1v) is 11.8. The van der Waals surface area contributed by atoms with Crippen LogP contribution in [-0.2, 0) is 4.74 Å². The van der Waals surface area contributed by atoms with Crippen LogP contribution in [0.3, 0.4) is 0 Å². The van der Waals surface area contributed by atoms with Gasteiger partial charge < -0.3 is 4.74 Å². The fourth-order valence-electron chi connectivity index (χ4n) is 4.85. The predicted molar refractivity (Wildman–Crippen MR) is 126 cm³/mol. The van der Waals surface area contributed by atoms with Gasteiger partial charge in [0.2, 0.25) is 0 Å². The van der Waals surface area contributed by atoms with E-state index in [1.807, 2.05) is 17.8 Å². The number of halogens is 2. The van der Waals surface area contributed by atoms with Gasteiger partial charge in [0.15, 0.2) is 0 Å². The summed E-state index contributed by atoms with van der Waals surface area (Å²) in [4.78, 5) is 9.63. The van der Waals surface area contributed by atoms with Gasteiger partial charge in [-0.1, -0.05) is 12.1 Å². The van der Waals surface area contributed by atoms with Gasteiger partial charge in [-0.3, -0.25) is 4.68 Å². The molecule has 1 saturated carbocycles. The maximum Gasteiger partial charge on any atom is 0.135 e. The smallest absolute Gasteiger partial charge is 0.135 e. The molecular weight excluding hydrogens is 448 g/mol. The van der Waals surface area contributed by atoms with Crippen molar-refractivity contribution >= 4 is 10.9 Å². The van der Waals surface area contributed by atoms with Crippen LogP contribution >= 0.6 is 0 Å². The minimum Gasteiger partial charge on any atom is -0.373 e. The molecule has 1 aliphatic carbocycles. The van der Waals surface area contributed by atoms with Crippen LogP contribution in [0, 0.1) is 29.9 Å². The van der Waals surface area contributed by atoms with Crippen LogP contribution in [0.25, 0.3) is 22.2 Å². The highest BCUT2D eigenvalue weighted by molar-refractivity contribution is 5.96. The molecule has 4 aromatic rings. The van der Waals surface area contributed by atoms with Gasteiger partial charge in [-0.15, -0.1) is 0 Å². The van der Waals surface area contributed by atoms with Gasteiger partial charge in [0.05, 0.1) is 35.1 Å². The topological polar surface area (TPSA) is 76.6 Å². The number of aromatic nitrogens is 4. The van der Waals surface area contributed by atoms with E-state index in [9.17, 15) is 14.0 Å². The highest BCUT2D eigenvalue weighted by Gasteiger charge is 2.31. The van der Waals surface area contributed by atoms with Crippen LogP contribution in [-0.4, -0.2) is 26.4 Å². The first-order chi connectivity index (χ1) is 17.0. The summed E-state index contributed by atoms with van der Waals surface area (Å²) in [6, 6.07) is 9.80. The fraction of sp³-hybridized carbons (Fsp3) is 0.333. The van der Waals surface area contributed by atoms with Crippen molar-refractivity contribution in [3.8, 4) is 17.3 Å². The summed E-state index contributed by atoms with van der Waals surface area (Å²) in [7, 11) is 0. The molecule has 2 aliphatic rings. The molecule has 6 rings (SSSR count). The Balaban J connectivity index is 1.45. The summed E-state index contributed by atoms with van der Waals surface area (Å²) in [5.74, 6) is -0.859. The molecular formula is C27H23F2N5O. The van der Waals surface area contributed by atoms with Gasteiger partial charge in [0.25, 0.3) is 0 Å². The maximum absolute atomic E-state index is 14.9. The Morgan fingerprint density at radius 1 is 1.11 bits per heavy atom. The van der Waals surface area contributed by atoms with Crippen molar-refractivity contribution in [3.05, 3.63) is 76.9 Å². The molecule has 1 saturated heterocycles. The number of rotatable bonds is 4. The minimum atomic E-state index is -0.702. The SMILES string of the molecule is Cc1ccc2c(-c3ccc(F)cc3F)nc([C@H]3CCO[C@@H](c4cnn(C5CC5)c4)C3)nc2c1C#N. The quantitative estimate of drug-likeness (QED) is 0.369. The molecule has 176 valence electrons. The molecule has 0 spiro atoms. The molecule has 2 aromatic carbocycles. The zero-order chi connectivity index (χ0) is 24.1. The molecule has 2 atom stereocenters. The van der Waals surface area contributed by atoms with E-state index in [1.165, 1.54) is 12.1 Å². The molecule has 2 aromatic heterocycles. The molecule has 0 N–H and O–H groups in total. The Kier molecular flexibility index (Phi) is 5.30. The van der Waals surface area contributed by atoms with E-state index in [2.05, 4.69) is 17.4 Å². The van der Waals surface area contributed by atoms with Crippen molar-refractivity contribution in [2.24, 2.45) is 0 Å². The third kappa shape index (κ3) is 3.96. The third-order valence-electron chi connectivity index (χ3n) is 6.96. The van der Waals surface area contributed by atoms with Gasteiger partial charge in [-0.05, 0) is 50.3 Å². The highest BCUT2D eigenvalue weighted by Crippen LogP contribution is 2.40. The highest BCUT2D eigenvalue weighted by atomic mass is 19.1. The molecule has 3 heterocycles. The first kappa shape index (κ1) is 21.8. The largest absolute Gasteiger partial charge is 0.373 e. The Bertz CT molecular complexity index is 1490. The van der Waals surface area contributed by atoms with Crippen LogP contribution in [0.1, 0.15) is 66.3 Å². The summed E-state index contributed by atoms with van der Waals surface area (Å²) in [5, 5.41) is 14.9.